The summed E-state index contributed by atoms with van der Waals surface area (Å²) in [5.41, 5.74) is 3.19. The molecule has 0 aromatic heterocycles. The average molecular weight is 386 g/mol. The van der Waals surface area contributed by atoms with Gasteiger partial charge in [-0.15, -0.1) is 0 Å². The van der Waals surface area contributed by atoms with Crippen LogP contribution in [0.3, 0.4) is 0 Å². The lowest BCUT2D eigenvalue weighted by Crippen LogP contribution is -2.30. The van der Waals surface area contributed by atoms with Crippen LogP contribution in [0.4, 0.5) is 5.69 Å². The van der Waals surface area contributed by atoms with Gasteiger partial charge in [-0.1, -0.05) is 24.3 Å². The second-order valence-corrected chi connectivity index (χ2v) is 6.02. The van der Waals surface area contributed by atoms with Crippen molar-refractivity contribution < 1.29 is 14.2 Å². The van der Waals surface area contributed by atoms with Crippen molar-refractivity contribution in [3.05, 3.63) is 53.6 Å². The van der Waals surface area contributed by atoms with Crippen molar-refractivity contribution in [2.45, 2.75) is 33.9 Å². The van der Waals surface area contributed by atoms with Gasteiger partial charge in [-0.3, -0.25) is 0 Å². The Morgan fingerprint density at radius 2 is 1.75 bits per heavy atom. The minimum atomic E-state index is 0.562. The summed E-state index contributed by atoms with van der Waals surface area (Å²) in [7, 11) is 1.64. The van der Waals surface area contributed by atoms with Crippen molar-refractivity contribution >= 4 is 11.6 Å². The molecule has 2 aromatic rings. The number of nitrogens with zero attached hydrogens (tertiary/aromatic N) is 1. The van der Waals surface area contributed by atoms with E-state index in [1.807, 2.05) is 51.1 Å². The summed E-state index contributed by atoms with van der Waals surface area (Å²) >= 11 is 0. The molecule has 2 aromatic carbocycles. The fourth-order valence-electron chi connectivity index (χ4n) is 2.69. The summed E-state index contributed by atoms with van der Waals surface area (Å²) in [6.07, 6.45) is 0. The number of anilines is 1. The Kier molecular flexibility index (Phi) is 9.15. The highest BCUT2D eigenvalue weighted by atomic mass is 16.5. The van der Waals surface area contributed by atoms with Gasteiger partial charge in [0.25, 0.3) is 0 Å². The molecule has 6 heteroatoms. The van der Waals surface area contributed by atoms with E-state index in [9.17, 15) is 0 Å². The van der Waals surface area contributed by atoms with Crippen molar-refractivity contribution in [1.82, 2.24) is 5.32 Å². The molecule has 2 N–H and O–H groups in total. The van der Waals surface area contributed by atoms with Crippen molar-refractivity contribution in [2.24, 2.45) is 4.99 Å². The van der Waals surface area contributed by atoms with E-state index in [0.29, 0.717) is 38.1 Å². The number of methoxy groups -OCH3 is 1. The first-order chi connectivity index (χ1) is 13.7. The number of benzene rings is 2. The van der Waals surface area contributed by atoms with E-state index in [2.05, 4.69) is 22.8 Å². The largest absolute Gasteiger partial charge is 0.493 e. The van der Waals surface area contributed by atoms with Gasteiger partial charge in [0.15, 0.2) is 17.5 Å². The van der Waals surface area contributed by atoms with Crippen LogP contribution in [0.25, 0.3) is 0 Å². The highest BCUT2D eigenvalue weighted by Gasteiger charge is 2.07. The third-order valence-electron chi connectivity index (χ3n) is 4.06. The topological polar surface area (TPSA) is 64.1 Å². The van der Waals surface area contributed by atoms with Crippen LogP contribution in [0, 0.1) is 0 Å². The van der Waals surface area contributed by atoms with Gasteiger partial charge in [0.1, 0.15) is 0 Å². The zero-order valence-corrected chi connectivity index (χ0v) is 17.2. The highest BCUT2D eigenvalue weighted by Crippen LogP contribution is 2.30. The van der Waals surface area contributed by atoms with E-state index in [1.54, 1.807) is 7.11 Å². The van der Waals surface area contributed by atoms with Gasteiger partial charge in [0, 0.05) is 24.9 Å². The van der Waals surface area contributed by atoms with Crippen LogP contribution in [0.5, 0.6) is 11.5 Å². The van der Waals surface area contributed by atoms with Gasteiger partial charge >= 0.3 is 0 Å². The molecule has 6 nitrogen and oxygen atoms in total. The molecule has 0 unspecified atom stereocenters. The maximum absolute atomic E-state index is 5.58. The molecule has 0 saturated heterocycles. The van der Waals surface area contributed by atoms with Crippen molar-refractivity contribution in [3.8, 4) is 11.5 Å². The van der Waals surface area contributed by atoms with E-state index < -0.39 is 0 Å². The lowest BCUT2D eigenvalue weighted by Gasteiger charge is -2.15. The van der Waals surface area contributed by atoms with Crippen LogP contribution in [0.15, 0.2) is 47.5 Å². The summed E-state index contributed by atoms with van der Waals surface area (Å²) in [5, 5.41) is 6.61. The fourth-order valence-corrected chi connectivity index (χ4v) is 2.69. The van der Waals surface area contributed by atoms with Crippen molar-refractivity contribution in [3.63, 3.8) is 0 Å². The van der Waals surface area contributed by atoms with E-state index in [4.69, 9.17) is 19.2 Å². The Morgan fingerprint density at radius 1 is 0.964 bits per heavy atom. The predicted molar refractivity (Wildman–Crippen MR) is 114 cm³/mol. The van der Waals surface area contributed by atoms with E-state index >= 15 is 0 Å². The molecule has 0 saturated carbocycles. The van der Waals surface area contributed by atoms with E-state index in [-0.39, 0.29) is 0 Å². The number of nitrogens with one attached hydrogen (secondary N) is 2. The zero-order chi connectivity index (χ0) is 20.2. The number of guanidine groups is 1. The second-order valence-electron chi connectivity index (χ2n) is 6.02. The summed E-state index contributed by atoms with van der Waals surface area (Å²) < 4.78 is 16.6. The smallest absolute Gasteiger partial charge is 0.196 e. The van der Waals surface area contributed by atoms with Crippen LogP contribution < -0.4 is 20.1 Å². The van der Waals surface area contributed by atoms with Gasteiger partial charge in [-0.2, -0.15) is 0 Å². The molecule has 0 aliphatic heterocycles. The third-order valence-corrected chi connectivity index (χ3v) is 4.06. The standard InChI is InChI=1S/C22H31N3O3/c1-5-23-22(24-15-17-10-8-9-11-18(17)16-27-6-2)25-19-12-13-20(28-7-3)21(14-19)26-4/h8-14H,5-7,15-16H2,1-4H3,(H2,23,24,25). The Hall–Kier alpha value is -2.73. The van der Waals surface area contributed by atoms with Gasteiger partial charge in [0.2, 0.25) is 0 Å². The maximum Gasteiger partial charge on any atom is 0.196 e. The molecule has 152 valence electrons. The summed E-state index contributed by atoms with van der Waals surface area (Å²) in [6.45, 7) is 9.20. The minimum absolute atomic E-state index is 0.562. The second kappa shape index (κ2) is 11.9. The molecular formula is C22H31N3O3. The molecule has 0 heterocycles. The van der Waals surface area contributed by atoms with Gasteiger partial charge in [-0.25, -0.2) is 4.99 Å². The average Bonchev–Trinajstić information content (AvgIpc) is 2.72. The Bertz CT molecular complexity index is 762. The number of aliphatic imine (C=N–C) groups is 1. The van der Waals surface area contributed by atoms with E-state index in [0.717, 1.165) is 29.1 Å². The van der Waals surface area contributed by atoms with Crippen LogP contribution in [-0.2, 0) is 17.9 Å². The van der Waals surface area contributed by atoms with Crippen molar-refractivity contribution in [1.29, 1.82) is 0 Å². The maximum atomic E-state index is 5.58. The quantitative estimate of drug-likeness (QED) is 0.474. The summed E-state index contributed by atoms with van der Waals surface area (Å²) in [5.74, 6) is 2.12. The first-order valence-corrected chi connectivity index (χ1v) is 9.72. The number of hydrogen-bond donors (Lipinski definition) is 2. The fraction of sp³-hybridized carbons (Fsp3) is 0.409. The van der Waals surface area contributed by atoms with Crippen LogP contribution >= 0.6 is 0 Å². The molecule has 0 radical (unpaired) electrons. The third kappa shape index (κ3) is 6.46. The first kappa shape index (κ1) is 21.6. The molecule has 2 rings (SSSR count). The Labute approximate surface area is 167 Å². The first-order valence-electron chi connectivity index (χ1n) is 9.72. The molecule has 0 aliphatic carbocycles. The Balaban J connectivity index is 2.15. The highest BCUT2D eigenvalue weighted by molar-refractivity contribution is 5.93. The van der Waals surface area contributed by atoms with E-state index in [1.165, 1.54) is 0 Å². The zero-order valence-electron chi connectivity index (χ0n) is 17.2. The van der Waals surface area contributed by atoms with Crippen LogP contribution in [0.2, 0.25) is 0 Å². The monoisotopic (exact) mass is 385 g/mol. The molecular weight excluding hydrogens is 354 g/mol. The molecule has 0 fully saturated rings. The molecule has 0 bridgehead atoms. The lowest BCUT2D eigenvalue weighted by atomic mass is 10.1. The van der Waals surface area contributed by atoms with Gasteiger partial charge in [-0.05, 0) is 44.0 Å². The molecule has 0 spiro atoms. The van der Waals surface area contributed by atoms with Crippen LogP contribution in [0.1, 0.15) is 31.9 Å². The molecule has 0 amide bonds. The van der Waals surface area contributed by atoms with Crippen LogP contribution in [-0.4, -0.2) is 32.8 Å². The molecule has 28 heavy (non-hydrogen) atoms. The molecule has 0 aliphatic rings. The normalized spacial score (nSPS) is 11.2. The van der Waals surface area contributed by atoms with Crippen molar-refractivity contribution in [2.75, 3.05) is 32.2 Å². The summed E-state index contributed by atoms with van der Waals surface area (Å²) in [6, 6.07) is 14.0. The van der Waals surface area contributed by atoms with Gasteiger partial charge < -0.3 is 24.8 Å². The SMILES string of the molecule is CCNC(=NCc1ccccc1COCC)Nc1ccc(OCC)c(OC)c1. The number of ether oxygens (including phenoxy) is 3. The Morgan fingerprint density at radius 3 is 2.43 bits per heavy atom. The minimum Gasteiger partial charge on any atom is -0.493 e. The predicted octanol–water partition coefficient (Wildman–Crippen LogP) is 4.21. The number of rotatable bonds is 10. The number of hydrogen-bond acceptors (Lipinski definition) is 4. The van der Waals surface area contributed by atoms with Gasteiger partial charge in [0.05, 0.1) is 26.9 Å². The summed E-state index contributed by atoms with van der Waals surface area (Å²) in [4.78, 5) is 4.73. The molecule has 0 atom stereocenters. The lowest BCUT2D eigenvalue weighted by molar-refractivity contribution is 0.133.